The topological polar surface area (TPSA) is 54.0 Å². The Morgan fingerprint density at radius 3 is 2.55 bits per heavy atom. The van der Waals surface area contributed by atoms with Crippen molar-refractivity contribution in [3.05, 3.63) is 96.1 Å². The maximum atomic E-state index is 12.7. The minimum Gasteiger partial charge on any atom is -0.493 e. The van der Waals surface area contributed by atoms with Gasteiger partial charge in [-0.05, 0) is 46.2 Å². The van der Waals surface area contributed by atoms with Crippen molar-refractivity contribution in [3.63, 3.8) is 0 Å². The van der Waals surface area contributed by atoms with Gasteiger partial charge in [0.1, 0.15) is 6.61 Å². The first kappa shape index (κ1) is 20.6. The molecular weight excluding hydrogens is 416 g/mol. The van der Waals surface area contributed by atoms with Crippen LogP contribution in [0.4, 0.5) is 0 Å². The van der Waals surface area contributed by atoms with Crippen LogP contribution in [0.2, 0.25) is 0 Å². The maximum absolute atomic E-state index is 12.7. The third-order valence-corrected chi connectivity index (χ3v) is 5.45. The third kappa shape index (κ3) is 4.39. The molecule has 4 aromatic carbocycles. The molecule has 0 bridgehead atoms. The molecule has 1 atom stereocenters. The average Bonchev–Trinajstić information content (AvgIpc) is 2.87. The molecule has 0 N–H and O–H groups in total. The maximum Gasteiger partial charge on any atom is 0.356 e. The van der Waals surface area contributed by atoms with Gasteiger partial charge < -0.3 is 18.9 Å². The fourth-order valence-corrected chi connectivity index (χ4v) is 3.76. The highest BCUT2D eigenvalue weighted by Crippen LogP contribution is 2.33. The van der Waals surface area contributed by atoms with Crippen molar-refractivity contribution in [1.29, 1.82) is 0 Å². The Labute approximate surface area is 191 Å². The highest BCUT2D eigenvalue weighted by Gasteiger charge is 2.29. The molecule has 5 rings (SSSR count). The molecule has 0 spiro atoms. The number of esters is 1. The second-order valence-corrected chi connectivity index (χ2v) is 7.60. The van der Waals surface area contributed by atoms with Crippen LogP contribution in [-0.2, 0) is 4.79 Å². The minimum atomic E-state index is -0.851. The van der Waals surface area contributed by atoms with Gasteiger partial charge in [0, 0.05) is 0 Å². The van der Waals surface area contributed by atoms with Gasteiger partial charge >= 0.3 is 5.97 Å². The molecule has 1 aliphatic rings. The van der Waals surface area contributed by atoms with Crippen LogP contribution in [0.3, 0.4) is 0 Å². The molecular formula is C28H22O5. The molecule has 1 unspecified atom stereocenters. The average molecular weight is 438 g/mol. The molecule has 5 heteroatoms. The van der Waals surface area contributed by atoms with E-state index in [0.717, 1.165) is 11.1 Å². The zero-order valence-electron chi connectivity index (χ0n) is 18.1. The quantitative estimate of drug-likeness (QED) is 0.225. The van der Waals surface area contributed by atoms with E-state index in [0.29, 0.717) is 23.0 Å². The number of carbonyl (C=O) groups excluding carboxylic acids is 1. The van der Waals surface area contributed by atoms with Crippen LogP contribution in [0.15, 0.2) is 84.9 Å². The molecule has 33 heavy (non-hydrogen) atoms. The summed E-state index contributed by atoms with van der Waals surface area (Å²) >= 11 is 0. The van der Waals surface area contributed by atoms with E-state index in [4.69, 9.17) is 18.9 Å². The smallest absolute Gasteiger partial charge is 0.356 e. The SMILES string of the molecule is COc1cc(/C=C/c2cccc3ccccc23)ccc1OC(=O)C1COc2ccccc2O1. The number of hydrogen-bond acceptors (Lipinski definition) is 5. The van der Waals surface area contributed by atoms with Gasteiger partial charge in [-0.25, -0.2) is 4.79 Å². The number of methoxy groups -OCH3 is 1. The zero-order valence-corrected chi connectivity index (χ0v) is 18.1. The van der Waals surface area contributed by atoms with Crippen LogP contribution in [0.5, 0.6) is 23.0 Å². The Hall–Kier alpha value is -4.25. The van der Waals surface area contributed by atoms with Crippen molar-refractivity contribution in [2.24, 2.45) is 0 Å². The normalized spacial score (nSPS) is 14.9. The van der Waals surface area contributed by atoms with Crippen LogP contribution in [0.25, 0.3) is 22.9 Å². The van der Waals surface area contributed by atoms with Crippen molar-refractivity contribution in [2.45, 2.75) is 6.10 Å². The highest BCUT2D eigenvalue weighted by molar-refractivity contribution is 5.92. The first-order valence-corrected chi connectivity index (χ1v) is 10.7. The predicted molar refractivity (Wildman–Crippen MR) is 128 cm³/mol. The summed E-state index contributed by atoms with van der Waals surface area (Å²) in [5.41, 5.74) is 2.04. The van der Waals surface area contributed by atoms with Gasteiger partial charge in [-0.3, -0.25) is 0 Å². The van der Waals surface area contributed by atoms with Crippen molar-refractivity contribution in [3.8, 4) is 23.0 Å². The fourth-order valence-electron chi connectivity index (χ4n) is 3.76. The summed E-state index contributed by atoms with van der Waals surface area (Å²) in [5, 5.41) is 2.38. The first-order chi connectivity index (χ1) is 16.2. The molecule has 0 saturated carbocycles. The summed E-state index contributed by atoms with van der Waals surface area (Å²) in [6.45, 7) is 0.0873. The van der Waals surface area contributed by atoms with Gasteiger partial charge in [-0.15, -0.1) is 0 Å². The summed E-state index contributed by atoms with van der Waals surface area (Å²) < 4.78 is 22.4. The fraction of sp³-hybridized carbons (Fsp3) is 0.107. The number of carbonyl (C=O) groups is 1. The second-order valence-electron chi connectivity index (χ2n) is 7.60. The Kier molecular flexibility index (Phi) is 5.68. The monoisotopic (exact) mass is 438 g/mol. The number of fused-ring (bicyclic) bond motifs is 2. The van der Waals surface area contributed by atoms with Gasteiger partial charge in [-0.2, -0.15) is 0 Å². The number of benzene rings is 4. The van der Waals surface area contributed by atoms with E-state index in [1.165, 1.54) is 10.8 Å². The lowest BCUT2D eigenvalue weighted by atomic mass is 10.0. The lowest BCUT2D eigenvalue weighted by Crippen LogP contribution is -2.39. The van der Waals surface area contributed by atoms with Crippen LogP contribution in [0.1, 0.15) is 11.1 Å². The molecule has 0 saturated heterocycles. The summed E-state index contributed by atoms with van der Waals surface area (Å²) in [7, 11) is 1.54. The van der Waals surface area contributed by atoms with Crippen molar-refractivity contribution in [1.82, 2.24) is 0 Å². The molecule has 0 fully saturated rings. The molecule has 0 radical (unpaired) electrons. The van der Waals surface area contributed by atoms with Crippen LogP contribution in [-0.4, -0.2) is 25.8 Å². The van der Waals surface area contributed by atoms with Gasteiger partial charge in [0.25, 0.3) is 0 Å². The zero-order chi connectivity index (χ0) is 22.6. The Bertz CT molecular complexity index is 1340. The molecule has 0 amide bonds. The number of hydrogen-bond donors (Lipinski definition) is 0. The number of ether oxygens (including phenoxy) is 4. The van der Waals surface area contributed by atoms with Gasteiger partial charge in [0.2, 0.25) is 6.10 Å². The van der Waals surface area contributed by atoms with E-state index < -0.39 is 12.1 Å². The summed E-state index contributed by atoms with van der Waals surface area (Å²) in [6.07, 6.45) is 3.22. The Balaban J connectivity index is 1.32. The van der Waals surface area contributed by atoms with Crippen LogP contribution < -0.4 is 18.9 Å². The Morgan fingerprint density at radius 2 is 1.67 bits per heavy atom. The van der Waals surface area contributed by atoms with Crippen molar-refractivity contribution >= 4 is 28.9 Å². The molecule has 4 aromatic rings. The predicted octanol–water partition coefficient (Wildman–Crippen LogP) is 5.76. The molecule has 1 aliphatic heterocycles. The number of rotatable bonds is 5. The van der Waals surface area contributed by atoms with Gasteiger partial charge in [0.05, 0.1) is 7.11 Å². The summed E-state index contributed by atoms with van der Waals surface area (Å²) in [6, 6.07) is 27.1. The third-order valence-electron chi connectivity index (χ3n) is 5.45. The molecule has 164 valence electrons. The first-order valence-electron chi connectivity index (χ1n) is 10.7. The minimum absolute atomic E-state index is 0.0873. The summed E-state index contributed by atoms with van der Waals surface area (Å²) in [5.74, 6) is 1.38. The lowest BCUT2D eigenvalue weighted by molar-refractivity contribution is -0.144. The molecule has 1 heterocycles. The van der Waals surface area contributed by atoms with Crippen molar-refractivity contribution in [2.75, 3.05) is 13.7 Å². The lowest BCUT2D eigenvalue weighted by Gasteiger charge is -2.25. The van der Waals surface area contributed by atoms with E-state index >= 15 is 0 Å². The Morgan fingerprint density at radius 1 is 0.879 bits per heavy atom. The number of para-hydroxylation sites is 2. The van der Waals surface area contributed by atoms with Gasteiger partial charge in [-0.1, -0.05) is 72.8 Å². The molecule has 0 aromatic heterocycles. The highest BCUT2D eigenvalue weighted by atomic mass is 16.6. The second kappa shape index (κ2) is 9.09. The van der Waals surface area contributed by atoms with E-state index in [9.17, 15) is 4.79 Å². The summed E-state index contributed by atoms with van der Waals surface area (Å²) in [4.78, 5) is 12.7. The standard InChI is InChI=1S/C28H22O5/c1-30-26-17-19(13-15-21-9-6-8-20-7-2-3-10-22(20)21)14-16-25(26)33-28(29)27-18-31-23-11-4-5-12-24(23)32-27/h2-17,27H,18H2,1H3/b15-13+. The largest absolute Gasteiger partial charge is 0.493 e. The van der Waals surface area contributed by atoms with E-state index in [1.54, 1.807) is 25.3 Å². The molecule has 0 aliphatic carbocycles. The van der Waals surface area contributed by atoms with Crippen LogP contribution in [0, 0.1) is 0 Å². The van der Waals surface area contributed by atoms with E-state index in [1.807, 2.05) is 48.5 Å². The van der Waals surface area contributed by atoms with Gasteiger partial charge in [0.15, 0.2) is 23.0 Å². The van der Waals surface area contributed by atoms with E-state index in [2.05, 4.69) is 30.3 Å². The molecule has 5 nitrogen and oxygen atoms in total. The van der Waals surface area contributed by atoms with Crippen molar-refractivity contribution < 1.29 is 23.7 Å². The van der Waals surface area contributed by atoms with E-state index in [-0.39, 0.29) is 6.61 Å². The van der Waals surface area contributed by atoms with Crippen LogP contribution >= 0.6 is 0 Å².